The maximum absolute atomic E-state index is 13.2. The number of hydrogen-bond acceptors (Lipinski definition) is 6. The van der Waals surface area contributed by atoms with Crippen molar-refractivity contribution in [2.24, 2.45) is 0 Å². The van der Waals surface area contributed by atoms with E-state index in [0.29, 0.717) is 11.4 Å². The van der Waals surface area contributed by atoms with Crippen LogP contribution in [0.25, 0.3) is 0 Å². The van der Waals surface area contributed by atoms with Gasteiger partial charge >= 0.3 is 11.4 Å². The number of benzene rings is 2. The van der Waals surface area contributed by atoms with Gasteiger partial charge in [0.2, 0.25) is 5.95 Å². The van der Waals surface area contributed by atoms with Crippen LogP contribution in [-0.4, -0.2) is 26.0 Å². The molecule has 1 N–H and O–H groups in total. The molecule has 0 fully saturated rings. The summed E-state index contributed by atoms with van der Waals surface area (Å²) in [5.74, 6) is 0.691. The fourth-order valence-electron chi connectivity index (χ4n) is 3.16. The summed E-state index contributed by atoms with van der Waals surface area (Å²) in [5, 5.41) is 3.09. The first-order chi connectivity index (χ1) is 15.6. The SMILES string of the molecule is CC(=O)CCn1c(=O)nc(Nc2ccc(OC(C)C)c(Br)c2)n(Cc2ccc(C)cc2)c1=O. The molecule has 1 aromatic heterocycles. The third-order valence-electron chi connectivity index (χ3n) is 4.85. The van der Waals surface area contributed by atoms with Gasteiger partial charge in [0.1, 0.15) is 11.5 Å². The maximum atomic E-state index is 13.2. The van der Waals surface area contributed by atoms with Crippen LogP contribution in [0.4, 0.5) is 11.6 Å². The summed E-state index contributed by atoms with van der Waals surface area (Å²) < 4.78 is 8.86. The van der Waals surface area contributed by atoms with Crippen LogP contribution in [0.5, 0.6) is 5.75 Å². The summed E-state index contributed by atoms with van der Waals surface area (Å²) >= 11 is 3.49. The van der Waals surface area contributed by atoms with Crippen LogP contribution in [0.15, 0.2) is 56.5 Å². The van der Waals surface area contributed by atoms with Crippen LogP contribution in [-0.2, 0) is 17.9 Å². The molecule has 0 atom stereocenters. The smallest absolute Gasteiger partial charge is 0.354 e. The largest absolute Gasteiger partial charge is 0.490 e. The first-order valence-electron chi connectivity index (χ1n) is 10.6. The zero-order valence-electron chi connectivity index (χ0n) is 19.1. The van der Waals surface area contributed by atoms with E-state index >= 15 is 0 Å². The van der Waals surface area contributed by atoms with Crippen molar-refractivity contribution in [3.05, 3.63) is 79.0 Å². The number of Topliss-reactive ketones (excluding diaryl/α,β-unsaturated/α-hetero) is 1. The Hall–Kier alpha value is -3.20. The van der Waals surface area contributed by atoms with E-state index in [1.165, 1.54) is 11.5 Å². The lowest BCUT2D eigenvalue weighted by Crippen LogP contribution is -2.43. The summed E-state index contributed by atoms with van der Waals surface area (Å²) in [6.07, 6.45) is 0.0994. The summed E-state index contributed by atoms with van der Waals surface area (Å²) in [6.45, 7) is 7.48. The number of nitrogens with zero attached hydrogens (tertiary/aromatic N) is 3. The molecule has 174 valence electrons. The normalized spacial score (nSPS) is 11.0. The van der Waals surface area contributed by atoms with E-state index in [9.17, 15) is 14.4 Å². The predicted molar refractivity (Wildman–Crippen MR) is 132 cm³/mol. The molecule has 0 amide bonds. The van der Waals surface area contributed by atoms with Crippen LogP contribution in [0.2, 0.25) is 0 Å². The van der Waals surface area contributed by atoms with Crippen LogP contribution in [0, 0.1) is 6.92 Å². The molecule has 0 spiro atoms. The zero-order valence-corrected chi connectivity index (χ0v) is 20.7. The fourth-order valence-corrected chi connectivity index (χ4v) is 3.63. The van der Waals surface area contributed by atoms with E-state index in [1.807, 2.05) is 45.0 Å². The minimum absolute atomic E-state index is 0.0129. The van der Waals surface area contributed by atoms with Crippen molar-refractivity contribution in [2.45, 2.75) is 53.3 Å². The Balaban J connectivity index is 2.02. The number of ether oxygens (including phenoxy) is 1. The monoisotopic (exact) mass is 514 g/mol. The number of aromatic nitrogens is 3. The van der Waals surface area contributed by atoms with Gasteiger partial charge in [-0.25, -0.2) is 14.2 Å². The van der Waals surface area contributed by atoms with Gasteiger partial charge in [-0.15, -0.1) is 0 Å². The average molecular weight is 515 g/mol. The van der Waals surface area contributed by atoms with Gasteiger partial charge < -0.3 is 10.1 Å². The molecule has 0 radical (unpaired) electrons. The lowest BCUT2D eigenvalue weighted by atomic mass is 10.1. The second-order valence-corrected chi connectivity index (χ2v) is 8.97. The number of carbonyl (C=O) groups is 1. The number of nitrogens with one attached hydrogen (secondary N) is 1. The molecule has 3 aromatic rings. The Kier molecular flexibility index (Phi) is 7.86. The molecule has 3 rings (SSSR count). The molecule has 8 nitrogen and oxygen atoms in total. The maximum Gasteiger partial charge on any atom is 0.354 e. The number of hydrogen-bond donors (Lipinski definition) is 1. The van der Waals surface area contributed by atoms with Crippen LogP contribution >= 0.6 is 15.9 Å². The fraction of sp³-hybridized carbons (Fsp3) is 0.333. The highest BCUT2D eigenvalue weighted by Gasteiger charge is 2.15. The van der Waals surface area contributed by atoms with Crippen LogP contribution in [0.3, 0.4) is 0 Å². The van der Waals surface area contributed by atoms with Crippen molar-refractivity contribution in [1.82, 2.24) is 14.1 Å². The van der Waals surface area contributed by atoms with E-state index in [4.69, 9.17) is 4.74 Å². The quantitative estimate of drug-likeness (QED) is 0.463. The van der Waals surface area contributed by atoms with Gasteiger partial charge in [-0.3, -0.25) is 9.36 Å². The second kappa shape index (κ2) is 10.6. The molecule has 33 heavy (non-hydrogen) atoms. The highest BCUT2D eigenvalue weighted by Crippen LogP contribution is 2.30. The Morgan fingerprint density at radius 1 is 1.12 bits per heavy atom. The van der Waals surface area contributed by atoms with Gasteiger partial charge in [-0.05, 0) is 67.4 Å². The average Bonchev–Trinajstić information content (AvgIpc) is 2.73. The van der Waals surface area contributed by atoms with E-state index in [1.54, 1.807) is 18.2 Å². The van der Waals surface area contributed by atoms with Crippen molar-refractivity contribution < 1.29 is 9.53 Å². The Bertz CT molecular complexity index is 1260. The Morgan fingerprint density at radius 2 is 1.82 bits per heavy atom. The number of rotatable bonds is 9. The van der Waals surface area contributed by atoms with E-state index in [-0.39, 0.29) is 37.3 Å². The topological polar surface area (TPSA) is 95.2 Å². The summed E-state index contributed by atoms with van der Waals surface area (Å²) in [5.41, 5.74) is 1.37. The summed E-state index contributed by atoms with van der Waals surface area (Å²) in [6, 6.07) is 13.1. The molecular weight excluding hydrogens is 488 g/mol. The summed E-state index contributed by atoms with van der Waals surface area (Å²) in [4.78, 5) is 41.4. The molecule has 0 unspecified atom stereocenters. The van der Waals surface area contributed by atoms with Gasteiger partial charge in [-0.1, -0.05) is 29.8 Å². The molecule has 9 heteroatoms. The molecule has 0 saturated carbocycles. The lowest BCUT2D eigenvalue weighted by molar-refractivity contribution is -0.117. The number of anilines is 2. The van der Waals surface area contributed by atoms with Crippen molar-refractivity contribution in [3.8, 4) is 5.75 Å². The zero-order chi connectivity index (χ0) is 24.1. The standard InChI is InChI=1S/C24H27BrN4O4/c1-15(2)33-21-10-9-19(13-20(21)25)26-22-27-23(31)28(12-11-17(4)30)24(32)29(22)14-18-7-5-16(3)6-8-18/h5-10,13,15H,11-12,14H2,1-4H3,(H,26,27,31). The third-order valence-corrected chi connectivity index (χ3v) is 5.47. The molecule has 2 aromatic carbocycles. The minimum atomic E-state index is -0.706. The molecule has 1 heterocycles. The first kappa shape index (κ1) is 24.4. The Labute approximate surface area is 200 Å². The van der Waals surface area contributed by atoms with Gasteiger partial charge in [0.15, 0.2) is 0 Å². The third kappa shape index (κ3) is 6.41. The highest BCUT2D eigenvalue weighted by molar-refractivity contribution is 9.10. The highest BCUT2D eigenvalue weighted by atomic mass is 79.9. The number of aryl methyl sites for hydroxylation is 1. The van der Waals surface area contributed by atoms with Crippen molar-refractivity contribution in [2.75, 3.05) is 5.32 Å². The first-order valence-corrected chi connectivity index (χ1v) is 11.4. The number of halogens is 1. The molecule has 0 aliphatic heterocycles. The molecule has 0 bridgehead atoms. The number of ketones is 1. The van der Waals surface area contributed by atoms with Gasteiger partial charge in [0.05, 0.1) is 17.1 Å². The predicted octanol–water partition coefficient (Wildman–Crippen LogP) is 4.03. The van der Waals surface area contributed by atoms with Gasteiger partial charge in [-0.2, -0.15) is 4.98 Å². The number of carbonyl (C=O) groups excluding carboxylic acids is 1. The molecule has 0 aliphatic rings. The van der Waals surface area contributed by atoms with Crippen molar-refractivity contribution in [1.29, 1.82) is 0 Å². The van der Waals surface area contributed by atoms with Crippen molar-refractivity contribution in [3.63, 3.8) is 0 Å². The Morgan fingerprint density at radius 3 is 2.42 bits per heavy atom. The van der Waals surface area contributed by atoms with Crippen LogP contribution in [0.1, 0.15) is 38.3 Å². The minimum Gasteiger partial charge on any atom is -0.490 e. The molecule has 0 saturated heterocycles. The van der Waals surface area contributed by atoms with Crippen LogP contribution < -0.4 is 21.4 Å². The molecule has 0 aliphatic carbocycles. The van der Waals surface area contributed by atoms with Gasteiger partial charge in [0, 0.05) is 18.7 Å². The lowest BCUT2D eigenvalue weighted by Gasteiger charge is -2.17. The molecular formula is C24H27BrN4O4. The van der Waals surface area contributed by atoms with Crippen molar-refractivity contribution >= 4 is 33.3 Å². The van der Waals surface area contributed by atoms with E-state index in [2.05, 4.69) is 26.2 Å². The second-order valence-electron chi connectivity index (χ2n) is 8.11. The van der Waals surface area contributed by atoms with E-state index in [0.717, 1.165) is 20.2 Å². The van der Waals surface area contributed by atoms with E-state index < -0.39 is 11.4 Å². The summed E-state index contributed by atoms with van der Waals surface area (Å²) in [7, 11) is 0. The van der Waals surface area contributed by atoms with Gasteiger partial charge in [0.25, 0.3) is 0 Å².